The number of halogens is 5. The predicted octanol–water partition coefficient (Wildman–Crippen LogP) is 3.01. The monoisotopic (exact) mass is 454 g/mol. The largest absolute Gasteiger partial charge is 0.451 e. The summed E-state index contributed by atoms with van der Waals surface area (Å²) in [5.41, 5.74) is 0.625. The molecule has 3 aromatic rings. The van der Waals surface area contributed by atoms with Gasteiger partial charge in [0.15, 0.2) is 5.65 Å². The molecule has 8 nitrogen and oxygen atoms in total. The van der Waals surface area contributed by atoms with Crippen LogP contribution >= 0.6 is 0 Å². The van der Waals surface area contributed by atoms with Crippen molar-refractivity contribution in [3.8, 4) is 0 Å². The van der Waals surface area contributed by atoms with Crippen LogP contribution in [0.5, 0.6) is 0 Å². The molecule has 2 saturated heterocycles. The first-order valence-corrected chi connectivity index (χ1v) is 10.1. The first-order chi connectivity index (χ1) is 15.2. The summed E-state index contributed by atoms with van der Waals surface area (Å²) in [6.45, 7) is 1.93. The highest BCUT2D eigenvalue weighted by Gasteiger charge is 2.45. The second-order valence-corrected chi connectivity index (χ2v) is 8.23. The highest BCUT2D eigenvalue weighted by Crippen LogP contribution is 2.42. The van der Waals surface area contributed by atoms with Crippen molar-refractivity contribution in [3.05, 3.63) is 30.5 Å². The number of fused-ring (bicyclic) bond motifs is 1. The van der Waals surface area contributed by atoms with E-state index in [1.54, 1.807) is 6.20 Å². The second kappa shape index (κ2) is 7.48. The summed E-state index contributed by atoms with van der Waals surface area (Å²) in [6.07, 6.45) is -1.38. The summed E-state index contributed by atoms with van der Waals surface area (Å²) in [5.74, 6) is -0.307. The Morgan fingerprint density at radius 1 is 0.969 bits per heavy atom. The van der Waals surface area contributed by atoms with Crippen LogP contribution in [0.1, 0.15) is 18.7 Å². The fourth-order valence-corrected chi connectivity index (χ4v) is 4.51. The van der Waals surface area contributed by atoms with E-state index in [1.807, 2.05) is 9.80 Å². The van der Waals surface area contributed by atoms with Gasteiger partial charge in [-0.05, 0) is 18.9 Å². The van der Waals surface area contributed by atoms with E-state index in [4.69, 9.17) is 0 Å². The molecule has 5 heterocycles. The minimum absolute atomic E-state index is 0.122. The van der Waals surface area contributed by atoms with E-state index in [9.17, 15) is 22.0 Å². The average molecular weight is 454 g/mol. The molecule has 0 amide bonds. The van der Waals surface area contributed by atoms with E-state index in [2.05, 4.69) is 25.0 Å². The van der Waals surface area contributed by atoms with E-state index in [-0.39, 0.29) is 11.2 Å². The molecular weight excluding hydrogens is 435 g/mol. The lowest BCUT2D eigenvalue weighted by atomic mass is 9.86. The number of alkyl halides is 5. The minimum Gasteiger partial charge on any atom is -0.356 e. The third-order valence-corrected chi connectivity index (χ3v) is 6.06. The maximum absolute atomic E-state index is 13.0. The summed E-state index contributed by atoms with van der Waals surface area (Å²) < 4.78 is 65.6. The average Bonchev–Trinajstić information content (AvgIpc) is 3.47. The Balaban J connectivity index is 1.33. The quantitative estimate of drug-likeness (QED) is 0.561. The molecule has 2 aliphatic rings. The van der Waals surface area contributed by atoms with Gasteiger partial charge in [0.05, 0.1) is 12.4 Å². The van der Waals surface area contributed by atoms with Crippen LogP contribution in [0, 0.1) is 5.41 Å². The normalized spacial score (nSPS) is 21.6. The van der Waals surface area contributed by atoms with E-state index in [1.165, 1.54) is 12.3 Å². The van der Waals surface area contributed by atoms with E-state index >= 15 is 0 Å². The van der Waals surface area contributed by atoms with Gasteiger partial charge in [-0.25, -0.2) is 33.4 Å². The highest BCUT2D eigenvalue weighted by atomic mass is 19.4. The molecule has 0 N–H and O–H groups in total. The van der Waals surface area contributed by atoms with Crippen LogP contribution in [0.25, 0.3) is 11.2 Å². The first-order valence-electron chi connectivity index (χ1n) is 10.1. The Bertz CT molecular complexity index is 1130. The molecule has 0 bridgehead atoms. The molecule has 1 spiro atoms. The lowest BCUT2D eigenvalue weighted by Gasteiger charge is -2.25. The number of aromatic nitrogens is 6. The zero-order chi connectivity index (χ0) is 22.5. The van der Waals surface area contributed by atoms with Gasteiger partial charge in [0.1, 0.15) is 23.7 Å². The van der Waals surface area contributed by atoms with Gasteiger partial charge in [-0.2, -0.15) is 18.3 Å². The van der Waals surface area contributed by atoms with Gasteiger partial charge in [-0.3, -0.25) is 0 Å². The zero-order valence-corrected chi connectivity index (χ0v) is 16.8. The molecule has 1 unspecified atom stereocenters. The predicted molar refractivity (Wildman–Crippen MR) is 104 cm³/mol. The number of rotatable bonds is 4. The Kier molecular flexibility index (Phi) is 4.86. The van der Waals surface area contributed by atoms with Crippen LogP contribution in [0.4, 0.5) is 33.6 Å². The van der Waals surface area contributed by atoms with E-state index in [0.29, 0.717) is 43.2 Å². The van der Waals surface area contributed by atoms with Gasteiger partial charge in [-0.15, -0.1) is 0 Å². The Morgan fingerprint density at radius 3 is 2.38 bits per heavy atom. The Labute approximate surface area is 179 Å². The van der Waals surface area contributed by atoms with Crippen LogP contribution in [0.3, 0.4) is 0 Å². The van der Waals surface area contributed by atoms with Crippen molar-refractivity contribution in [1.82, 2.24) is 29.7 Å². The summed E-state index contributed by atoms with van der Waals surface area (Å²) in [7, 11) is 0. The van der Waals surface area contributed by atoms with Gasteiger partial charge in [0.2, 0.25) is 5.82 Å². The van der Waals surface area contributed by atoms with Crippen molar-refractivity contribution in [2.24, 2.45) is 5.41 Å². The standard InChI is InChI=1S/C19H19F5N8/c20-13(21)9-32-16-12(7-27-32)26-8-15(28-16)31-6-3-18(11-31)2-5-30(10-18)14-1-4-25-17(29-14)19(22,23)24/h1,4,7-8,13H,2-3,5-6,9-11H2. The van der Waals surface area contributed by atoms with Crippen molar-refractivity contribution in [1.29, 1.82) is 0 Å². The molecule has 0 aliphatic carbocycles. The summed E-state index contributed by atoms with van der Waals surface area (Å²) in [5, 5.41) is 3.94. The van der Waals surface area contributed by atoms with Crippen LogP contribution in [-0.4, -0.2) is 62.3 Å². The number of hydrogen-bond acceptors (Lipinski definition) is 7. The zero-order valence-electron chi connectivity index (χ0n) is 16.8. The first kappa shape index (κ1) is 20.8. The van der Waals surface area contributed by atoms with Gasteiger partial charge in [0.25, 0.3) is 6.43 Å². The molecule has 1 atom stereocenters. The highest BCUT2D eigenvalue weighted by molar-refractivity contribution is 5.71. The second-order valence-electron chi connectivity index (χ2n) is 8.23. The topological polar surface area (TPSA) is 75.9 Å². The molecule has 13 heteroatoms. The van der Waals surface area contributed by atoms with Gasteiger partial charge < -0.3 is 9.80 Å². The smallest absolute Gasteiger partial charge is 0.356 e. The fourth-order valence-electron chi connectivity index (χ4n) is 4.51. The van der Waals surface area contributed by atoms with E-state index in [0.717, 1.165) is 23.7 Å². The summed E-state index contributed by atoms with van der Waals surface area (Å²) in [6, 6.07) is 1.49. The third-order valence-electron chi connectivity index (χ3n) is 6.06. The molecule has 0 aromatic carbocycles. The minimum atomic E-state index is -4.59. The van der Waals surface area contributed by atoms with Crippen molar-refractivity contribution in [2.75, 3.05) is 36.0 Å². The van der Waals surface area contributed by atoms with Crippen LogP contribution in [0.15, 0.2) is 24.7 Å². The lowest BCUT2D eigenvalue weighted by molar-refractivity contribution is -0.144. The molecule has 5 rings (SSSR count). The van der Waals surface area contributed by atoms with Gasteiger partial charge in [0, 0.05) is 37.8 Å². The molecular formula is C19H19F5N8. The van der Waals surface area contributed by atoms with Gasteiger partial charge >= 0.3 is 6.18 Å². The molecule has 3 aromatic heterocycles. The number of hydrogen-bond donors (Lipinski definition) is 0. The molecule has 0 radical (unpaired) electrons. The van der Waals surface area contributed by atoms with Crippen molar-refractivity contribution in [3.63, 3.8) is 0 Å². The maximum atomic E-state index is 13.0. The molecule has 170 valence electrons. The number of nitrogens with zero attached hydrogens (tertiary/aromatic N) is 8. The third kappa shape index (κ3) is 3.79. The maximum Gasteiger partial charge on any atom is 0.451 e. The molecule has 32 heavy (non-hydrogen) atoms. The van der Waals surface area contributed by atoms with E-state index < -0.39 is 25.0 Å². The molecule has 2 aliphatic heterocycles. The SMILES string of the molecule is FC(F)Cn1ncc2ncc(N3CCC4(CCN(c5ccnc(C(F)(F)F)n5)C4)C3)nc21. The fraction of sp³-hybridized carbons (Fsp3) is 0.526. The van der Waals surface area contributed by atoms with Crippen molar-refractivity contribution in [2.45, 2.75) is 32.0 Å². The Morgan fingerprint density at radius 2 is 1.69 bits per heavy atom. The molecule has 0 saturated carbocycles. The Hall–Kier alpha value is -3.12. The van der Waals surface area contributed by atoms with Crippen molar-refractivity contribution >= 4 is 22.8 Å². The van der Waals surface area contributed by atoms with Crippen LogP contribution < -0.4 is 9.80 Å². The lowest BCUT2D eigenvalue weighted by Crippen LogP contribution is -2.31. The van der Waals surface area contributed by atoms with Crippen LogP contribution in [0.2, 0.25) is 0 Å². The summed E-state index contributed by atoms with van der Waals surface area (Å²) >= 11 is 0. The molecule has 2 fully saturated rings. The summed E-state index contributed by atoms with van der Waals surface area (Å²) in [4.78, 5) is 19.7. The van der Waals surface area contributed by atoms with Crippen molar-refractivity contribution < 1.29 is 22.0 Å². The number of anilines is 2. The van der Waals surface area contributed by atoms with Crippen LogP contribution in [-0.2, 0) is 12.7 Å². The van der Waals surface area contributed by atoms with Gasteiger partial charge in [-0.1, -0.05) is 0 Å².